The molecule has 3 heterocycles. The minimum atomic E-state index is -2.67. The topological polar surface area (TPSA) is 80.2 Å². The van der Waals surface area contributed by atoms with Crippen LogP contribution in [0.2, 0.25) is 0 Å². The van der Waals surface area contributed by atoms with Crippen molar-refractivity contribution in [2.24, 2.45) is 0 Å². The second-order valence-corrected chi connectivity index (χ2v) is 6.10. The number of alkyl halides is 2. The van der Waals surface area contributed by atoms with Gasteiger partial charge in [-0.15, -0.1) is 0 Å². The van der Waals surface area contributed by atoms with E-state index < -0.39 is 11.8 Å². The Labute approximate surface area is 149 Å². The van der Waals surface area contributed by atoms with Crippen LogP contribution in [0.5, 0.6) is 5.88 Å². The Morgan fingerprint density at radius 2 is 2.04 bits per heavy atom. The Hall–Kier alpha value is -2.84. The summed E-state index contributed by atoms with van der Waals surface area (Å²) in [5.41, 5.74) is 1.08. The number of ether oxygens (including phenoxy) is 1. The van der Waals surface area contributed by atoms with Crippen molar-refractivity contribution in [1.29, 1.82) is 0 Å². The molecule has 138 valence electrons. The van der Waals surface area contributed by atoms with E-state index in [0.717, 1.165) is 5.56 Å². The van der Waals surface area contributed by atoms with E-state index in [-0.39, 0.29) is 31.9 Å². The van der Waals surface area contributed by atoms with E-state index in [9.17, 15) is 13.6 Å². The van der Waals surface area contributed by atoms with E-state index in [1.54, 1.807) is 30.2 Å². The highest BCUT2D eigenvalue weighted by molar-refractivity contribution is 6.07. The van der Waals surface area contributed by atoms with Gasteiger partial charge in [0.15, 0.2) is 0 Å². The minimum absolute atomic E-state index is 0.0898. The number of carbonyl (C=O) groups is 1. The van der Waals surface area contributed by atoms with Crippen molar-refractivity contribution in [2.45, 2.75) is 25.7 Å². The SMILES string of the molecule is COc1ccnc(NC(=O)c2cc(C)cnc2N2CCC(F)(F)CC2)n1. The number of amides is 1. The molecule has 1 fully saturated rings. The molecule has 0 unspecified atom stereocenters. The molecule has 0 bridgehead atoms. The van der Waals surface area contributed by atoms with Gasteiger partial charge in [-0.05, 0) is 18.6 Å². The largest absolute Gasteiger partial charge is 0.481 e. The smallest absolute Gasteiger partial charge is 0.261 e. The normalized spacial score (nSPS) is 16.2. The van der Waals surface area contributed by atoms with E-state index in [1.165, 1.54) is 13.3 Å². The molecule has 0 radical (unpaired) electrons. The molecule has 1 saturated heterocycles. The van der Waals surface area contributed by atoms with Crippen molar-refractivity contribution in [3.8, 4) is 5.88 Å². The lowest BCUT2D eigenvalue weighted by Crippen LogP contribution is -2.40. The Morgan fingerprint density at radius 3 is 2.73 bits per heavy atom. The van der Waals surface area contributed by atoms with Crippen LogP contribution in [0.15, 0.2) is 24.5 Å². The highest BCUT2D eigenvalue weighted by Gasteiger charge is 2.35. The summed E-state index contributed by atoms with van der Waals surface area (Å²) in [5.74, 6) is -2.34. The van der Waals surface area contributed by atoms with Crippen LogP contribution in [0.3, 0.4) is 0 Å². The van der Waals surface area contributed by atoms with Gasteiger partial charge in [0, 0.05) is 44.4 Å². The summed E-state index contributed by atoms with van der Waals surface area (Å²) >= 11 is 0. The molecular weight excluding hydrogens is 344 g/mol. The van der Waals surface area contributed by atoms with Crippen LogP contribution in [0, 0.1) is 6.92 Å². The van der Waals surface area contributed by atoms with Crippen LogP contribution in [0.25, 0.3) is 0 Å². The first-order valence-corrected chi connectivity index (χ1v) is 8.16. The number of anilines is 2. The fourth-order valence-corrected chi connectivity index (χ4v) is 2.71. The zero-order chi connectivity index (χ0) is 18.7. The molecule has 2 aromatic rings. The third-order valence-corrected chi connectivity index (χ3v) is 4.11. The Kier molecular flexibility index (Phi) is 4.97. The van der Waals surface area contributed by atoms with Gasteiger partial charge in [-0.3, -0.25) is 10.1 Å². The molecule has 2 aromatic heterocycles. The summed E-state index contributed by atoms with van der Waals surface area (Å²) in [5, 5.41) is 2.60. The first kappa shape index (κ1) is 18.0. The Bertz CT molecular complexity index is 805. The predicted molar refractivity (Wildman–Crippen MR) is 91.9 cm³/mol. The zero-order valence-electron chi connectivity index (χ0n) is 14.5. The molecule has 0 atom stereocenters. The molecule has 1 amide bonds. The van der Waals surface area contributed by atoms with E-state index in [4.69, 9.17) is 4.74 Å². The maximum absolute atomic E-state index is 13.4. The lowest BCUT2D eigenvalue weighted by molar-refractivity contribution is -0.0221. The van der Waals surface area contributed by atoms with Gasteiger partial charge in [0.25, 0.3) is 11.8 Å². The molecule has 1 N–H and O–H groups in total. The first-order valence-electron chi connectivity index (χ1n) is 8.16. The fourth-order valence-electron chi connectivity index (χ4n) is 2.71. The maximum Gasteiger partial charge on any atom is 0.261 e. The monoisotopic (exact) mass is 363 g/mol. The van der Waals surface area contributed by atoms with Crippen molar-refractivity contribution in [3.05, 3.63) is 35.7 Å². The Morgan fingerprint density at radius 1 is 1.31 bits per heavy atom. The van der Waals surface area contributed by atoms with Gasteiger partial charge in [0.1, 0.15) is 5.82 Å². The predicted octanol–water partition coefficient (Wildman–Crippen LogP) is 2.68. The average Bonchev–Trinajstić information content (AvgIpc) is 2.62. The summed E-state index contributed by atoms with van der Waals surface area (Å²) in [6, 6.07) is 3.23. The summed E-state index contributed by atoms with van der Waals surface area (Å²) in [4.78, 5) is 26.7. The van der Waals surface area contributed by atoms with Gasteiger partial charge < -0.3 is 9.64 Å². The van der Waals surface area contributed by atoms with Gasteiger partial charge in [-0.1, -0.05) is 0 Å². The van der Waals surface area contributed by atoms with Crippen LogP contribution in [0.4, 0.5) is 20.5 Å². The molecule has 0 saturated carbocycles. The summed E-state index contributed by atoms with van der Waals surface area (Å²) in [6.45, 7) is 2.08. The second kappa shape index (κ2) is 7.19. The summed E-state index contributed by atoms with van der Waals surface area (Å²) < 4.78 is 31.8. The highest BCUT2D eigenvalue weighted by Crippen LogP contribution is 2.31. The van der Waals surface area contributed by atoms with E-state index in [2.05, 4.69) is 20.3 Å². The van der Waals surface area contributed by atoms with Crippen LogP contribution >= 0.6 is 0 Å². The molecule has 1 aliphatic heterocycles. The highest BCUT2D eigenvalue weighted by atomic mass is 19.3. The number of aryl methyl sites for hydroxylation is 1. The van der Waals surface area contributed by atoms with Crippen LogP contribution in [-0.2, 0) is 0 Å². The number of aromatic nitrogens is 3. The van der Waals surface area contributed by atoms with Crippen molar-refractivity contribution in [1.82, 2.24) is 15.0 Å². The van der Waals surface area contributed by atoms with Gasteiger partial charge >= 0.3 is 0 Å². The van der Waals surface area contributed by atoms with Crippen molar-refractivity contribution in [2.75, 3.05) is 30.4 Å². The number of nitrogens with one attached hydrogen (secondary N) is 1. The molecule has 1 aliphatic rings. The van der Waals surface area contributed by atoms with Crippen LogP contribution < -0.4 is 15.0 Å². The second-order valence-electron chi connectivity index (χ2n) is 6.10. The number of methoxy groups -OCH3 is 1. The standard InChI is InChI=1S/C17H19F2N5O2/c1-11-9-12(15(25)23-16-20-6-3-13(22-16)26-2)14(21-10-11)24-7-4-17(18,19)5-8-24/h3,6,9-10H,4-5,7-8H2,1-2H3,(H,20,22,23,25). The summed E-state index contributed by atoms with van der Waals surface area (Å²) in [7, 11) is 1.46. The number of pyridine rings is 1. The average molecular weight is 363 g/mol. The lowest BCUT2D eigenvalue weighted by atomic mass is 10.1. The molecular formula is C17H19F2N5O2. The van der Waals surface area contributed by atoms with Crippen molar-refractivity contribution >= 4 is 17.7 Å². The summed E-state index contributed by atoms with van der Waals surface area (Å²) in [6.07, 6.45) is 2.55. The third kappa shape index (κ3) is 4.04. The number of nitrogens with zero attached hydrogens (tertiary/aromatic N) is 4. The third-order valence-electron chi connectivity index (χ3n) is 4.11. The van der Waals surface area contributed by atoms with Gasteiger partial charge in [-0.2, -0.15) is 4.98 Å². The number of rotatable bonds is 4. The maximum atomic E-state index is 13.4. The molecule has 0 aromatic carbocycles. The zero-order valence-corrected chi connectivity index (χ0v) is 14.5. The van der Waals surface area contributed by atoms with Crippen molar-refractivity contribution < 1.29 is 18.3 Å². The molecule has 3 rings (SSSR count). The Balaban J connectivity index is 1.84. The molecule has 0 aliphatic carbocycles. The lowest BCUT2D eigenvalue weighted by Gasteiger charge is -2.33. The molecule has 0 spiro atoms. The van der Waals surface area contributed by atoms with E-state index in [0.29, 0.717) is 17.3 Å². The number of hydrogen-bond donors (Lipinski definition) is 1. The molecule has 9 heteroatoms. The molecule has 7 nitrogen and oxygen atoms in total. The van der Waals surface area contributed by atoms with Crippen LogP contribution in [0.1, 0.15) is 28.8 Å². The van der Waals surface area contributed by atoms with Gasteiger partial charge in [0.2, 0.25) is 11.8 Å². The fraction of sp³-hybridized carbons (Fsp3) is 0.412. The quantitative estimate of drug-likeness (QED) is 0.900. The van der Waals surface area contributed by atoms with Gasteiger partial charge in [0.05, 0.1) is 12.7 Å². The number of piperidine rings is 1. The van der Waals surface area contributed by atoms with E-state index in [1.807, 2.05) is 0 Å². The van der Waals surface area contributed by atoms with Crippen LogP contribution in [-0.4, -0.2) is 47.0 Å². The number of hydrogen-bond acceptors (Lipinski definition) is 6. The van der Waals surface area contributed by atoms with E-state index >= 15 is 0 Å². The minimum Gasteiger partial charge on any atom is -0.481 e. The number of halogens is 2. The number of carbonyl (C=O) groups excluding carboxylic acids is 1. The van der Waals surface area contributed by atoms with Gasteiger partial charge in [-0.25, -0.2) is 18.7 Å². The first-order chi connectivity index (χ1) is 12.4. The van der Waals surface area contributed by atoms with Crippen molar-refractivity contribution in [3.63, 3.8) is 0 Å². The molecule has 26 heavy (non-hydrogen) atoms.